The Hall–Kier alpha value is -1.63. The van der Waals surface area contributed by atoms with E-state index in [-0.39, 0.29) is 6.54 Å². The number of halogens is 1. The number of hydrogen-bond donors (Lipinski definition) is 2. The molecule has 0 fully saturated rings. The molecule has 0 bridgehead atoms. The first-order valence-electron chi connectivity index (χ1n) is 5.47. The Bertz CT molecular complexity index is 432. The summed E-state index contributed by atoms with van der Waals surface area (Å²) in [7, 11) is 2.88. The van der Waals surface area contributed by atoms with Crippen LogP contribution in [-0.2, 0) is 19.1 Å². The molecule has 104 valence electrons. The van der Waals surface area contributed by atoms with Gasteiger partial charge in [-0.1, -0.05) is 11.6 Å². The molecule has 1 aromatic carbocycles. The molecule has 0 atom stereocenters. The van der Waals surface area contributed by atoms with Crippen LogP contribution in [0.5, 0.6) is 0 Å². The lowest BCUT2D eigenvalue weighted by Crippen LogP contribution is -2.40. The SMILES string of the molecule is COC(CNC(=O)C(=O)Nc1ccc(Cl)cc1)OC. The predicted molar refractivity (Wildman–Crippen MR) is 70.9 cm³/mol. The fraction of sp³-hybridized carbons (Fsp3) is 0.333. The van der Waals surface area contributed by atoms with Gasteiger partial charge in [0.05, 0.1) is 6.54 Å². The number of carbonyl (C=O) groups is 2. The van der Waals surface area contributed by atoms with Gasteiger partial charge < -0.3 is 20.1 Å². The largest absolute Gasteiger partial charge is 0.354 e. The molecule has 0 radical (unpaired) electrons. The standard InChI is InChI=1S/C12H15ClN2O4/c1-18-10(19-2)7-14-11(16)12(17)15-9-5-3-8(13)4-6-9/h3-6,10H,7H2,1-2H3,(H,14,16)(H,15,17). The smallest absolute Gasteiger partial charge is 0.313 e. The van der Waals surface area contributed by atoms with Gasteiger partial charge in [0, 0.05) is 24.9 Å². The number of methoxy groups -OCH3 is 2. The van der Waals surface area contributed by atoms with E-state index >= 15 is 0 Å². The van der Waals surface area contributed by atoms with Crippen molar-refractivity contribution in [1.82, 2.24) is 5.32 Å². The maximum absolute atomic E-state index is 11.5. The highest BCUT2D eigenvalue weighted by Crippen LogP contribution is 2.13. The molecule has 2 N–H and O–H groups in total. The summed E-state index contributed by atoms with van der Waals surface area (Å²) in [6.45, 7) is 0.0832. The number of benzene rings is 1. The van der Waals surface area contributed by atoms with Crippen LogP contribution in [0.4, 0.5) is 5.69 Å². The lowest BCUT2D eigenvalue weighted by Gasteiger charge is -2.13. The lowest BCUT2D eigenvalue weighted by molar-refractivity contribution is -0.139. The van der Waals surface area contributed by atoms with Crippen molar-refractivity contribution in [3.05, 3.63) is 29.3 Å². The van der Waals surface area contributed by atoms with Gasteiger partial charge in [-0.25, -0.2) is 0 Å². The lowest BCUT2D eigenvalue weighted by atomic mass is 10.3. The van der Waals surface area contributed by atoms with Crippen molar-refractivity contribution in [2.75, 3.05) is 26.1 Å². The Morgan fingerprint density at radius 1 is 1.16 bits per heavy atom. The maximum Gasteiger partial charge on any atom is 0.313 e. The Morgan fingerprint density at radius 2 is 1.74 bits per heavy atom. The fourth-order valence-corrected chi connectivity index (χ4v) is 1.37. The van der Waals surface area contributed by atoms with Crippen LogP contribution in [0.2, 0.25) is 5.02 Å². The number of carbonyl (C=O) groups excluding carboxylic acids is 2. The number of hydrogen-bond acceptors (Lipinski definition) is 4. The van der Waals surface area contributed by atoms with E-state index in [1.807, 2.05) is 0 Å². The zero-order valence-electron chi connectivity index (χ0n) is 10.6. The van der Waals surface area contributed by atoms with Crippen LogP contribution in [-0.4, -0.2) is 38.9 Å². The minimum atomic E-state index is -0.770. The minimum Gasteiger partial charge on any atom is -0.354 e. The summed E-state index contributed by atoms with van der Waals surface area (Å²) in [6.07, 6.45) is -0.590. The Kier molecular flexibility index (Phi) is 6.27. The molecule has 0 saturated heterocycles. The van der Waals surface area contributed by atoms with Crippen LogP contribution in [0, 0.1) is 0 Å². The van der Waals surface area contributed by atoms with E-state index in [9.17, 15) is 9.59 Å². The molecule has 0 aromatic heterocycles. The van der Waals surface area contributed by atoms with Crippen LogP contribution in [0.25, 0.3) is 0 Å². The molecule has 0 spiro atoms. The molecular weight excluding hydrogens is 272 g/mol. The summed E-state index contributed by atoms with van der Waals surface area (Å²) in [4.78, 5) is 23.0. The monoisotopic (exact) mass is 286 g/mol. The average Bonchev–Trinajstić information content (AvgIpc) is 2.42. The molecule has 0 saturated carbocycles. The third kappa shape index (κ3) is 5.25. The van der Waals surface area contributed by atoms with Crippen molar-refractivity contribution in [2.45, 2.75) is 6.29 Å². The summed E-state index contributed by atoms with van der Waals surface area (Å²) >= 11 is 5.71. The van der Waals surface area contributed by atoms with E-state index in [1.54, 1.807) is 24.3 Å². The number of nitrogens with one attached hydrogen (secondary N) is 2. The Labute approximate surface area is 116 Å². The highest BCUT2D eigenvalue weighted by atomic mass is 35.5. The van der Waals surface area contributed by atoms with Crippen LogP contribution in [0.1, 0.15) is 0 Å². The van der Waals surface area contributed by atoms with Gasteiger partial charge in [0.25, 0.3) is 0 Å². The molecule has 7 heteroatoms. The molecule has 1 aromatic rings. The van der Waals surface area contributed by atoms with E-state index in [4.69, 9.17) is 21.1 Å². The highest BCUT2D eigenvalue weighted by molar-refractivity contribution is 6.39. The van der Waals surface area contributed by atoms with Gasteiger partial charge >= 0.3 is 11.8 Å². The quantitative estimate of drug-likeness (QED) is 0.626. The number of ether oxygens (including phenoxy) is 2. The average molecular weight is 287 g/mol. The molecule has 0 aliphatic heterocycles. The van der Waals surface area contributed by atoms with E-state index in [0.29, 0.717) is 10.7 Å². The minimum absolute atomic E-state index is 0.0832. The third-order valence-corrected chi connectivity index (χ3v) is 2.52. The van der Waals surface area contributed by atoms with Crippen molar-refractivity contribution >= 4 is 29.1 Å². The summed E-state index contributed by atoms with van der Waals surface area (Å²) in [5.74, 6) is -1.54. The molecule has 0 heterocycles. The molecular formula is C12H15ClN2O4. The first-order chi connectivity index (χ1) is 9.06. The van der Waals surface area contributed by atoms with Gasteiger partial charge in [-0.3, -0.25) is 9.59 Å². The predicted octanol–water partition coefficient (Wildman–Crippen LogP) is 1.01. The Balaban J connectivity index is 2.44. The first kappa shape index (κ1) is 15.4. The fourth-order valence-electron chi connectivity index (χ4n) is 1.24. The van der Waals surface area contributed by atoms with E-state index in [2.05, 4.69) is 10.6 Å². The summed E-state index contributed by atoms with van der Waals surface area (Å²) in [5, 5.41) is 5.37. The second-order valence-corrected chi connectivity index (χ2v) is 4.01. The maximum atomic E-state index is 11.5. The van der Waals surface area contributed by atoms with Gasteiger partial charge in [0.1, 0.15) is 0 Å². The number of anilines is 1. The summed E-state index contributed by atoms with van der Waals surface area (Å²) in [6, 6.07) is 6.42. The van der Waals surface area contributed by atoms with Crippen molar-refractivity contribution < 1.29 is 19.1 Å². The van der Waals surface area contributed by atoms with Gasteiger partial charge in [-0.15, -0.1) is 0 Å². The molecule has 0 aliphatic rings. The highest BCUT2D eigenvalue weighted by Gasteiger charge is 2.15. The molecule has 0 aliphatic carbocycles. The topological polar surface area (TPSA) is 76.7 Å². The van der Waals surface area contributed by atoms with E-state index in [1.165, 1.54) is 14.2 Å². The normalized spacial score (nSPS) is 10.3. The summed E-state index contributed by atoms with van der Waals surface area (Å²) < 4.78 is 9.76. The van der Waals surface area contributed by atoms with Gasteiger partial charge in [0.2, 0.25) is 0 Å². The second-order valence-electron chi connectivity index (χ2n) is 3.57. The first-order valence-corrected chi connectivity index (χ1v) is 5.85. The molecule has 1 rings (SSSR count). The van der Waals surface area contributed by atoms with Crippen LogP contribution in [0.15, 0.2) is 24.3 Å². The van der Waals surface area contributed by atoms with Crippen molar-refractivity contribution in [3.63, 3.8) is 0 Å². The number of rotatable bonds is 5. The van der Waals surface area contributed by atoms with Gasteiger partial charge in [-0.05, 0) is 24.3 Å². The number of amides is 2. The van der Waals surface area contributed by atoms with Crippen LogP contribution < -0.4 is 10.6 Å². The zero-order valence-corrected chi connectivity index (χ0v) is 11.4. The van der Waals surface area contributed by atoms with E-state index in [0.717, 1.165) is 0 Å². The van der Waals surface area contributed by atoms with Crippen molar-refractivity contribution in [2.24, 2.45) is 0 Å². The summed E-state index contributed by atoms with van der Waals surface area (Å²) in [5.41, 5.74) is 0.486. The molecule has 0 unspecified atom stereocenters. The zero-order chi connectivity index (χ0) is 14.3. The van der Waals surface area contributed by atoms with Gasteiger partial charge in [0.15, 0.2) is 6.29 Å². The molecule has 19 heavy (non-hydrogen) atoms. The van der Waals surface area contributed by atoms with Crippen molar-refractivity contribution in [3.8, 4) is 0 Å². The van der Waals surface area contributed by atoms with Gasteiger partial charge in [-0.2, -0.15) is 0 Å². The third-order valence-electron chi connectivity index (χ3n) is 2.26. The molecule has 6 nitrogen and oxygen atoms in total. The van der Waals surface area contributed by atoms with Crippen LogP contribution >= 0.6 is 11.6 Å². The Morgan fingerprint density at radius 3 is 2.26 bits per heavy atom. The van der Waals surface area contributed by atoms with E-state index < -0.39 is 18.1 Å². The second kappa shape index (κ2) is 7.73. The molecule has 2 amide bonds. The van der Waals surface area contributed by atoms with Crippen molar-refractivity contribution in [1.29, 1.82) is 0 Å². The van der Waals surface area contributed by atoms with Crippen LogP contribution in [0.3, 0.4) is 0 Å².